The van der Waals surface area contributed by atoms with E-state index in [9.17, 15) is 8.42 Å². The van der Waals surface area contributed by atoms with Crippen LogP contribution < -0.4 is 4.90 Å². The van der Waals surface area contributed by atoms with Gasteiger partial charge in [0.05, 0.1) is 10.6 Å². The molecule has 4 rings (SSSR count). The monoisotopic (exact) mass is 369 g/mol. The van der Waals surface area contributed by atoms with Crippen molar-refractivity contribution in [1.29, 1.82) is 0 Å². The van der Waals surface area contributed by atoms with Gasteiger partial charge in [-0.1, -0.05) is 18.2 Å². The quantitative estimate of drug-likeness (QED) is 0.760. The Balaban J connectivity index is 1.45. The molecule has 134 valence electrons. The Labute approximate surface area is 152 Å². The molecular weight excluding hydrogens is 350 g/mol. The van der Waals surface area contributed by atoms with Gasteiger partial charge in [0.2, 0.25) is 10.0 Å². The van der Waals surface area contributed by atoms with Gasteiger partial charge in [-0.15, -0.1) is 0 Å². The summed E-state index contributed by atoms with van der Waals surface area (Å²) in [6.45, 7) is 2.07. The first kappa shape index (κ1) is 16.7. The molecular formula is C18H19N5O2S. The SMILES string of the molecule is O=S(=O)(c1ccccc1)N1CCN(c2cc(-c3cccnc3)[nH]n2)CC1. The van der Waals surface area contributed by atoms with E-state index in [0.717, 1.165) is 17.1 Å². The van der Waals surface area contributed by atoms with Gasteiger partial charge in [0.1, 0.15) is 0 Å². The molecule has 1 aliphatic heterocycles. The smallest absolute Gasteiger partial charge is 0.243 e. The normalized spacial score (nSPS) is 15.9. The highest BCUT2D eigenvalue weighted by molar-refractivity contribution is 7.89. The Morgan fingerprint density at radius 2 is 1.73 bits per heavy atom. The Morgan fingerprint density at radius 3 is 2.42 bits per heavy atom. The Bertz CT molecular complexity index is 965. The Kier molecular flexibility index (Phi) is 4.44. The number of rotatable bonds is 4. The van der Waals surface area contributed by atoms with E-state index in [1.54, 1.807) is 36.7 Å². The third-order valence-corrected chi connectivity index (χ3v) is 6.39. The summed E-state index contributed by atoms with van der Waals surface area (Å²) < 4.78 is 26.9. The molecule has 0 saturated carbocycles. The number of hydrogen-bond donors (Lipinski definition) is 1. The van der Waals surface area contributed by atoms with E-state index >= 15 is 0 Å². The van der Waals surface area contributed by atoms with Gasteiger partial charge in [-0.2, -0.15) is 9.40 Å². The minimum absolute atomic E-state index is 0.340. The van der Waals surface area contributed by atoms with Crippen LogP contribution in [0.5, 0.6) is 0 Å². The minimum atomic E-state index is -3.44. The van der Waals surface area contributed by atoms with Crippen LogP contribution >= 0.6 is 0 Å². The molecule has 1 N–H and O–H groups in total. The zero-order valence-corrected chi connectivity index (χ0v) is 14.9. The topological polar surface area (TPSA) is 82.2 Å². The zero-order chi connectivity index (χ0) is 18.0. The summed E-state index contributed by atoms with van der Waals surface area (Å²) in [6, 6.07) is 14.4. The van der Waals surface area contributed by atoms with Crippen LogP contribution in [0.4, 0.5) is 5.82 Å². The molecule has 7 nitrogen and oxygen atoms in total. The van der Waals surface area contributed by atoms with E-state index in [4.69, 9.17) is 0 Å². The highest BCUT2D eigenvalue weighted by atomic mass is 32.2. The standard InChI is InChI=1S/C18H19N5O2S/c24-26(25,16-6-2-1-3-7-16)23-11-9-22(10-12-23)18-13-17(20-21-18)15-5-4-8-19-14-15/h1-8,13-14H,9-12H2,(H,20,21). The fourth-order valence-electron chi connectivity index (χ4n) is 3.04. The first-order chi connectivity index (χ1) is 12.6. The number of pyridine rings is 1. The molecule has 0 aliphatic carbocycles. The van der Waals surface area contributed by atoms with Crippen molar-refractivity contribution in [2.45, 2.75) is 4.90 Å². The number of aromatic amines is 1. The first-order valence-electron chi connectivity index (χ1n) is 8.40. The van der Waals surface area contributed by atoms with Gasteiger partial charge in [-0.25, -0.2) is 8.42 Å². The average molecular weight is 369 g/mol. The number of hydrogen-bond acceptors (Lipinski definition) is 5. The second-order valence-corrected chi connectivity index (χ2v) is 8.02. The van der Waals surface area contributed by atoms with Crippen LogP contribution in [0.3, 0.4) is 0 Å². The lowest BCUT2D eigenvalue weighted by Gasteiger charge is -2.34. The molecule has 0 radical (unpaired) electrons. The second kappa shape index (κ2) is 6.89. The maximum Gasteiger partial charge on any atom is 0.243 e. The molecule has 1 saturated heterocycles. The molecule has 2 aromatic heterocycles. The molecule has 8 heteroatoms. The van der Waals surface area contributed by atoms with Crippen LogP contribution in [0.1, 0.15) is 0 Å². The molecule has 0 amide bonds. The molecule has 0 bridgehead atoms. The van der Waals surface area contributed by atoms with E-state index < -0.39 is 10.0 Å². The van der Waals surface area contributed by atoms with Crippen LogP contribution in [-0.4, -0.2) is 54.1 Å². The second-order valence-electron chi connectivity index (χ2n) is 6.09. The predicted octanol–water partition coefficient (Wildman–Crippen LogP) is 1.98. The fourth-order valence-corrected chi connectivity index (χ4v) is 4.49. The lowest BCUT2D eigenvalue weighted by Crippen LogP contribution is -2.48. The number of nitrogens with one attached hydrogen (secondary N) is 1. The summed E-state index contributed by atoms with van der Waals surface area (Å²) in [6.07, 6.45) is 3.51. The number of H-pyrrole nitrogens is 1. The van der Waals surface area contributed by atoms with Crippen molar-refractivity contribution in [2.24, 2.45) is 0 Å². The van der Waals surface area contributed by atoms with Crippen LogP contribution in [0.2, 0.25) is 0 Å². The van der Waals surface area contributed by atoms with Gasteiger partial charge < -0.3 is 4.90 Å². The van der Waals surface area contributed by atoms with Crippen LogP contribution in [-0.2, 0) is 10.0 Å². The predicted molar refractivity (Wildman–Crippen MR) is 99.2 cm³/mol. The van der Waals surface area contributed by atoms with Crippen molar-refractivity contribution in [2.75, 3.05) is 31.1 Å². The van der Waals surface area contributed by atoms with Crippen molar-refractivity contribution in [3.63, 3.8) is 0 Å². The van der Waals surface area contributed by atoms with Gasteiger partial charge in [-0.05, 0) is 24.3 Å². The number of anilines is 1. The third-order valence-electron chi connectivity index (χ3n) is 4.48. The van der Waals surface area contributed by atoms with Crippen molar-refractivity contribution < 1.29 is 8.42 Å². The van der Waals surface area contributed by atoms with Gasteiger partial charge in [0, 0.05) is 50.2 Å². The van der Waals surface area contributed by atoms with Crippen LogP contribution in [0.15, 0.2) is 65.8 Å². The highest BCUT2D eigenvalue weighted by Crippen LogP contribution is 2.23. The minimum Gasteiger partial charge on any atom is -0.352 e. The van der Waals surface area contributed by atoms with Crippen LogP contribution in [0.25, 0.3) is 11.3 Å². The number of nitrogens with zero attached hydrogens (tertiary/aromatic N) is 4. The van der Waals surface area contributed by atoms with E-state index in [2.05, 4.69) is 20.1 Å². The molecule has 3 heterocycles. The zero-order valence-electron chi connectivity index (χ0n) is 14.1. The first-order valence-corrected chi connectivity index (χ1v) is 9.84. The molecule has 1 fully saturated rings. The summed E-state index contributed by atoms with van der Waals surface area (Å²) in [5.74, 6) is 0.820. The molecule has 1 aliphatic rings. The molecule has 3 aromatic rings. The fraction of sp³-hybridized carbons (Fsp3) is 0.222. The van der Waals surface area contributed by atoms with Crippen LogP contribution in [0, 0.1) is 0 Å². The molecule has 0 spiro atoms. The maximum atomic E-state index is 12.7. The van der Waals surface area contributed by atoms with Gasteiger partial charge >= 0.3 is 0 Å². The van der Waals surface area contributed by atoms with E-state index in [1.807, 2.05) is 24.3 Å². The third kappa shape index (κ3) is 3.21. The lowest BCUT2D eigenvalue weighted by atomic mass is 10.2. The summed E-state index contributed by atoms with van der Waals surface area (Å²) in [7, 11) is -3.44. The molecule has 1 aromatic carbocycles. The number of aromatic nitrogens is 3. The Hall–Kier alpha value is -2.71. The van der Waals surface area contributed by atoms with E-state index in [0.29, 0.717) is 31.1 Å². The molecule has 26 heavy (non-hydrogen) atoms. The van der Waals surface area contributed by atoms with Gasteiger partial charge in [-0.3, -0.25) is 10.1 Å². The maximum absolute atomic E-state index is 12.7. The van der Waals surface area contributed by atoms with E-state index in [1.165, 1.54) is 4.31 Å². The largest absolute Gasteiger partial charge is 0.352 e. The highest BCUT2D eigenvalue weighted by Gasteiger charge is 2.29. The van der Waals surface area contributed by atoms with Gasteiger partial charge in [0.15, 0.2) is 5.82 Å². The average Bonchev–Trinajstić information content (AvgIpc) is 3.20. The molecule has 0 unspecified atom stereocenters. The number of sulfonamides is 1. The van der Waals surface area contributed by atoms with Crippen molar-refractivity contribution in [1.82, 2.24) is 19.5 Å². The van der Waals surface area contributed by atoms with Gasteiger partial charge in [0.25, 0.3) is 0 Å². The van der Waals surface area contributed by atoms with Crippen molar-refractivity contribution >= 4 is 15.8 Å². The summed E-state index contributed by atoms with van der Waals surface area (Å²) in [4.78, 5) is 6.54. The number of benzene rings is 1. The van der Waals surface area contributed by atoms with Crippen molar-refractivity contribution in [3.8, 4) is 11.3 Å². The Morgan fingerprint density at radius 1 is 0.962 bits per heavy atom. The number of piperazine rings is 1. The summed E-state index contributed by atoms with van der Waals surface area (Å²) >= 11 is 0. The summed E-state index contributed by atoms with van der Waals surface area (Å²) in [5, 5.41) is 7.39. The lowest BCUT2D eigenvalue weighted by molar-refractivity contribution is 0.384. The molecule has 0 atom stereocenters. The summed E-state index contributed by atoms with van der Waals surface area (Å²) in [5.41, 5.74) is 1.86. The van der Waals surface area contributed by atoms with E-state index in [-0.39, 0.29) is 0 Å². The van der Waals surface area contributed by atoms with Crippen molar-refractivity contribution in [3.05, 3.63) is 60.9 Å².